The van der Waals surface area contributed by atoms with Crippen molar-refractivity contribution in [2.75, 3.05) is 79.1 Å². The van der Waals surface area contributed by atoms with E-state index in [0.29, 0.717) is 58.8 Å². The molecule has 0 bridgehead atoms. The predicted molar refractivity (Wildman–Crippen MR) is 244 cm³/mol. The average molecular weight is 846 g/mol. The number of ether oxygens (including phenoxy) is 6. The molecule has 0 spiro atoms. The fourth-order valence-electron chi connectivity index (χ4n) is 7.45. The number of nitrogens with zero attached hydrogens (tertiary/aromatic N) is 1. The van der Waals surface area contributed by atoms with Crippen molar-refractivity contribution in [3.63, 3.8) is 0 Å². The number of carbonyl (C=O) groups excluding carboxylic acids is 1. The van der Waals surface area contributed by atoms with Crippen LogP contribution in [0.25, 0.3) is 0 Å². The van der Waals surface area contributed by atoms with Crippen molar-refractivity contribution >= 4 is 6.16 Å². The van der Waals surface area contributed by atoms with Crippen LogP contribution >= 0.6 is 0 Å². The summed E-state index contributed by atoms with van der Waals surface area (Å²) in [6.45, 7) is 12.5. The topological polar surface area (TPSA) is 116 Å². The molecule has 10 nitrogen and oxygen atoms in total. The van der Waals surface area contributed by atoms with E-state index < -0.39 is 12.6 Å². The number of aliphatic hydroxyl groups is 2. The van der Waals surface area contributed by atoms with Crippen molar-refractivity contribution in [3.05, 3.63) is 0 Å². The Morgan fingerprint density at radius 3 is 1.34 bits per heavy atom. The molecule has 0 aliphatic carbocycles. The average Bonchev–Trinajstić information content (AvgIpc) is 3.24. The summed E-state index contributed by atoms with van der Waals surface area (Å²) < 4.78 is 33.1. The van der Waals surface area contributed by atoms with Gasteiger partial charge in [0.1, 0.15) is 0 Å². The van der Waals surface area contributed by atoms with Crippen LogP contribution in [-0.4, -0.2) is 107 Å². The van der Waals surface area contributed by atoms with Crippen LogP contribution in [0.4, 0.5) is 4.79 Å². The van der Waals surface area contributed by atoms with E-state index >= 15 is 0 Å². The monoisotopic (exact) mass is 846 g/mol. The first-order valence-electron chi connectivity index (χ1n) is 25.3. The van der Waals surface area contributed by atoms with Gasteiger partial charge in [0.25, 0.3) is 6.48 Å². The first kappa shape index (κ1) is 58.0. The van der Waals surface area contributed by atoms with E-state index in [1.165, 1.54) is 135 Å². The number of unbranched alkanes of at least 4 members (excludes halogenated alkanes) is 24. The summed E-state index contributed by atoms with van der Waals surface area (Å²) in [5.74, 6) is 0.506. The largest absolute Gasteiger partial charge is 0.508 e. The van der Waals surface area contributed by atoms with E-state index in [9.17, 15) is 9.90 Å². The highest BCUT2D eigenvalue weighted by Gasteiger charge is 2.13. The predicted octanol–water partition coefficient (Wildman–Crippen LogP) is 12.5. The van der Waals surface area contributed by atoms with E-state index in [4.69, 9.17) is 33.5 Å². The highest BCUT2D eigenvalue weighted by Crippen LogP contribution is 2.20. The van der Waals surface area contributed by atoms with Gasteiger partial charge in [-0.05, 0) is 70.4 Å². The molecule has 1 atom stereocenters. The summed E-state index contributed by atoms with van der Waals surface area (Å²) >= 11 is 0. The minimum atomic E-state index is -1.13. The van der Waals surface area contributed by atoms with Crippen LogP contribution in [0.1, 0.15) is 220 Å². The van der Waals surface area contributed by atoms with E-state index in [0.717, 1.165) is 83.8 Å². The summed E-state index contributed by atoms with van der Waals surface area (Å²) in [5, 5.41) is 19.3. The molecular formula is C49H99NO9. The Labute approximate surface area is 364 Å². The zero-order chi connectivity index (χ0) is 43.0. The molecule has 0 amide bonds. The Kier molecular flexibility index (Phi) is 48.8. The number of carbonyl (C=O) groups is 1. The normalized spacial score (nSPS) is 12.3. The number of hydrogen-bond acceptors (Lipinski definition) is 10. The standard InChI is InChI=1S/C49H99NO9/c1-4-7-10-13-16-17-18-23-30-39-56-48(52)57-41-32-25-29-36-50(37-42-54-44-45-55-43-38-51)35-28-22-19-24-31-40-58-49(53)59-46-47(33-26-20-14-11-8-5-2)34-27-21-15-12-9-6-3/h47,49,51,53H,4-46H2,1-3H3. The molecule has 0 saturated carbocycles. The summed E-state index contributed by atoms with van der Waals surface area (Å²) in [6.07, 6.45) is 37.0. The van der Waals surface area contributed by atoms with Gasteiger partial charge in [-0.15, -0.1) is 0 Å². The Bertz CT molecular complexity index is 791. The van der Waals surface area contributed by atoms with Gasteiger partial charge in [0, 0.05) is 6.54 Å². The van der Waals surface area contributed by atoms with Crippen LogP contribution in [0.15, 0.2) is 0 Å². The molecule has 0 aromatic heterocycles. The molecule has 0 aromatic carbocycles. The molecule has 0 aliphatic heterocycles. The number of aliphatic hydroxyl groups excluding tert-OH is 2. The van der Waals surface area contributed by atoms with Crippen LogP contribution in [0.2, 0.25) is 0 Å². The molecule has 10 heteroatoms. The maximum atomic E-state index is 12.0. The van der Waals surface area contributed by atoms with Crippen LogP contribution in [-0.2, 0) is 28.4 Å². The van der Waals surface area contributed by atoms with Crippen molar-refractivity contribution < 1.29 is 43.4 Å². The van der Waals surface area contributed by atoms with Gasteiger partial charge in [-0.1, -0.05) is 168 Å². The van der Waals surface area contributed by atoms with Gasteiger partial charge in [0.2, 0.25) is 0 Å². The van der Waals surface area contributed by atoms with Crippen molar-refractivity contribution in [3.8, 4) is 0 Å². The summed E-state index contributed by atoms with van der Waals surface area (Å²) in [7, 11) is 0. The first-order valence-corrected chi connectivity index (χ1v) is 25.3. The molecule has 1 unspecified atom stereocenters. The maximum absolute atomic E-state index is 12.0. The quantitative estimate of drug-likeness (QED) is 0.0348. The van der Waals surface area contributed by atoms with Crippen LogP contribution in [0.3, 0.4) is 0 Å². The number of hydrogen-bond donors (Lipinski definition) is 2. The smallest absolute Gasteiger partial charge is 0.434 e. The van der Waals surface area contributed by atoms with Crippen molar-refractivity contribution in [2.45, 2.75) is 226 Å². The van der Waals surface area contributed by atoms with Crippen LogP contribution in [0, 0.1) is 5.92 Å². The SMILES string of the molecule is CCCCCCCCCCCOC(=O)OCCCCCN(CCCCCCCOC(O)OCC(CCCCCCCC)CCCCCCCC)CCOCCOCCO. The first-order chi connectivity index (χ1) is 29.1. The molecular weight excluding hydrogens is 747 g/mol. The van der Waals surface area contributed by atoms with Crippen molar-refractivity contribution in [1.29, 1.82) is 0 Å². The fourth-order valence-corrected chi connectivity index (χ4v) is 7.45. The summed E-state index contributed by atoms with van der Waals surface area (Å²) in [6, 6.07) is 0. The molecule has 0 heterocycles. The van der Waals surface area contributed by atoms with E-state index in [1.807, 2.05) is 0 Å². The molecule has 0 aromatic rings. The van der Waals surface area contributed by atoms with E-state index in [-0.39, 0.29) is 6.61 Å². The second-order valence-electron chi connectivity index (χ2n) is 16.9. The van der Waals surface area contributed by atoms with Gasteiger partial charge in [-0.3, -0.25) is 0 Å². The second kappa shape index (κ2) is 49.6. The van der Waals surface area contributed by atoms with Crippen molar-refractivity contribution in [2.24, 2.45) is 5.92 Å². The van der Waals surface area contributed by atoms with Crippen LogP contribution in [0.5, 0.6) is 0 Å². The van der Waals surface area contributed by atoms with Gasteiger partial charge in [-0.25, -0.2) is 4.79 Å². The molecule has 2 N–H and O–H groups in total. The molecule has 0 radical (unpaired) electrons. The lowest BCUT2D eigenvalue weighted by atomic mass is 9.95. The zero-order valence-electron chi connectivity index (χ0n) is 39.3. The molecule has 0 rings (SSSR count). The number of rotatable bonds is 50. The Morgan fingerprint density at radius 1 is 0.441 bits per heavy atom. The van der Waals surface area contributed by atoms with Gasteiger partial charge in [-0.2, -0.15) is 0 Å². The molecule has 0 saturated heterocycles. The lowest BCUT2D eigenvalue weighted by Crippen LogP contribution is -2.30. The minimum absolute atomic E-state index is 0.0297. The van der Waals surface area contributed by atoms with E-state index in [2.05, 4.69) is 25.7 Å². The third-order valence-electron chi connectivity index (χ3n) is 11.3. The Balaban J connectivity index is 4.22. The highest BCUT2D eigenvalue weighted by atomic mass is 16.8. The maximum Gasteiger partial charge on any atom is 0.508 e. The lowest BCUT2D eigenvalue weighted by molar-refractivity contribution is -0.267. The molecule has 0 fully saturated rings. The van der Waals surface area contributed by atoms with Gasteiger partial charge >= 0.3 is 6.16 Å². The van der Waals surface area contributed by atoms with Crippen LogP contribution < -0.4 is 0 Å². The Hall–Kier alpha value is -1.01. The molecule has 59 heavy (non-hydrogen) atoms. The lowest BCUT2D eigenvalue weighted by Gasteiger charge is -2.22. The summed E-state index contributed by atoms with van der Waals surface area (Å²) in [5.41, 5.74) is 0. The van der Waals surface area contributed by atoms with E-state index in [1.54, 1.807) is 0 Å². The minimum Gasteiger partial charge on any atom is -0.434 e. The van der Waals surface area contributed by atoms with Crippen molar-refractivity contribution in [1.82, 2.24) is 4.90 Å². The van der Waals surface area contributed by atoms with Gasteiger partial charge < -0.3 is 43.5 Å². The van der Waals surface area contributed by atoms with Gasteiger partial charge in [0.05, 0.1) is 59.5 Å². The molecule has 354 valence electrons. The highest BCUT2D eigenvalue weighted by molar-refractivity contribution is 5.59. The third kappa shape index (κ3) is 46.3. The Morgan fingerprint density at radius 2 is 0.847 bits per heavy atom. The summed E-state index contributed by atoms with van der Waals surface area (Å²) in [4.78, 5) is 14.4. The second-order valence-corrected chi connectivity index (χ2v) is 16.9. The van der Waals surface area contributed by atoms with Gasteiger partial charge in [0.15, 0.2) is 0 Å². The fraction of sp³-hybridized carbons (Fsp3) is 0.980. The zero-order valence-corrected chi connectivity index (χ0v) is 39.3. The third-order valence-corrected chi connectivity index (χ3v) is 11.3. The molecule has 0 aliphatic rings.